The van der Waals surface area contributed by atoms with E-state index in [1.165, 1.54) is 31.4 Å². The van der Waals surface area contributed by atoms with Crippen LogP contribution >= 0.6 is 18.9 Å². The number of aromatic nitrogens is 1. The molecule has 5 heterocycles. The van der Waals surface area contributed by atoms with Gasteiger partial charge in [0.2, 0.25) is 23.6 Å². The van der Waals surface area contributed by atoms with Crippen LogP contribution in [0.1, 0.15) is 71.2 Å². The molecule has 0 radical (unpaired) electrons. The van der Waals surface area contributed by atoms with Crippen molar-refractivity contribution < 1.29 is 37.9 Å². The van der Waals surface area contributed by atoms with E-state index in [1.807, 2.05) is 6.07 Å². The quantitative estimate of drug-likeness (QED) is 0.308. The molecule has 3 aliphatic rings. The van der Waals surface area contributed by atoms with Crippen LogP contribution in [-0.4, -0.2) is 80.6 Å². The maximum absolute atomic E-state index is 14.3. The number of pyridine rings is 1. The molecule has 15 heteroatoms. The number of nitrogens with zero attached hydrogens (tertiary/aromatic N) is 4. The Labute approximate surface area is 274 Å². The number of likely N-dealkylation sites (tertiary alicyclic amines) is 1. The van der Waals surface area contributed by atoms with Gasteiger partial charge in [0.05, 0.1) is 24.0 Å². The summed E-state index contributed by atoms with van der Waals surface area (Å²) in [5.41, 5.74) is 0.571. The van der Waals surface area contributed by atoms with Crippen molar-refractivity contribution in [2.24, 2.45) is 5.92 Å². The third-order valence-corrected chi connectivity index (χ3v) is 11.5. The Hall–Kier alpha value is -3.89. The lowest BCUT2D eigenvalue weighted by Crippen LogP contribution is -2.56. The lowest BCUT2D eigenvalue weighted by atomic mass is 9.90. The third-order valence-electron chi connectivity index (χ3n) is 9.45. The van der Waals surface area contributed by atoms with Crippen LogP contribution in [-0.2, 0) is 14.2 Å². The van der Waals surface area contributed by atoms with Crippen LogP contribution in [0.5, 0.6) is 5.88 Å². The lowest BCUT2D eigenvalue weighted by Gasteiger charge is -2.36. The molecule has 6 atom stereocenters. The number of rotatable bonds is 7. The smallest absolute Gasteiger partial charge is 0.363 e. The van der Waals surface area contributed by atoms with E-state index in [2.05, 4.69) is 16.4 Å². The maximum atomic E-state index is 14.3. The molecule has 47 heavy (non-hydrogen) atoms. The van der Waals surface area contributed by atoms with Gasteiger partial charge in [-0.25, -0.2) is 9.37 Å². The van der Waals surface area contributed by atoms with Gasteiger partial charge in [0.25, 0.3) is 5.91 Å². The molecular formula is C32H35FN5O7PS. The van der Waals surface area contributed by atoms with Crippen molar-refractivity contribution in [2.45, 2.75) is 68.5 Å². The largest absolute Gasteiger partial charge is 0.481 e. The molecule has 3 fully saturated rings. The van der Waals surface area contributed by atoms with Crippen molar-refractivity contribution in [3.63, 3.8) is 0 Å². The van der Waals surface area contributed by atoms with Gasteiger partial charge in [-0.3, -0.25) is 18.9 Å². The van der Waals surface area contributed by atoms with Gasteiger partial charge in [-0.15, -0.1) is 11.3 Å². The summed E-state index contributed by atoms with van der Waals surface area (Å²) in [5, 5.41) is 13.3. The number of fused-ring (bicyclic) bond motifs is 2. The summed E-state index contributed by atoms with van der Waals surface area (Å²) in [4.78, 5) is 67.9. The summed E-state index contributed by atoms with van der Waals surface area (Å²) >= 11 is 1.12. The fourth-order valence-electron chi connectivity index (χ4n) is 7.15. The number of halogens is 1. The number of hydrogen-bond donors (Lipinski definition) is 3. The number of carbonyl (C=O) groups excluding carboxylic acids is 3. The molecule has 1 unspecified atom stereocenters. The number of hydrogen-bond acceptors (Lipinski definition) is 8. The zero-order chi connectivity index (χ0) is 33.5. The molecule has 3 aromatic rings. The summed E-state index contributed by atoms with van der Waals surface area (Å²) in [7, 11) is -3.48. The van der Waals surface area contributed by atoms with E-state index in [9.17, 15) is 38.4 Å². The average Bonchev–Trinajstić information content (AvgIpc) is 3.80. The van der Waals surface area contributed by atoms with Crippen LogP contribution in [0.2, 0.25) is 0 Å². The van der Waals surface area contributed by atoms with Crippen molar-refractivity contribution in [1.82, 2.24) is 20.1 Å². The maximum Gasteiger partial charge on any atom is 0.363 e. The van der Waals surface area contributed by atoms with Gasteiger partial charge in [-0.1, -0.05) is 25.0 Å². The minimum Gasteiger partial charge on any atom is -0.481 e. The topological polar surface area (TPSA) is 173 Å². The predicted octanol–water partition coefficient (Wildman–Crippen LogP) is 4.25. The number of nitriles is 1. The fourth-order valence-corrected chi connectivity index (χ4v) is 8.65. The number of benzene rings is 1. The Morgan fingerprint density at radius 2 is 1.96 bits per heavy atom. The number of carbonyl (C=O) groups is 3. The first-order valence-electron chi connectivity index (χ1n) is 15.5. The van der Waals surface area contributed by atoms with E-state index in [0.29, 0.717) is 41.8 Å². The summed E-state index contributed by atoms with van der Waals surface area (Å²) in [5.74, 6) is -3.83. The molecule has 1 aromatic carbocycles. The first-order chi connectivity index (χ1) is 22.5. The molecule has 248 valence electrons. The Bertz CT molecular complexity index is 1790. The zero-order valence-electron chi connectivity index (χ0n) is 25.6. The predicted molar refractivity (Wildman–Crippen MR) is 170 cm³/mol. The van der Waals surface area contributed by atoms with Crippen LogP contribution in [0.25, 0.3) is 10.1 Å². The van der Waals surface area contributed by atoms with E-state index in [0.717, 1.165) is 36.2 Å². The lowest BCUT2D eigenvalue weighted by molar-refractivity contribution is -0.146. The highest BCUT2D eigenvalue weighted by atomic mass is 32.1. The summed E-state index contributed by atoms with van der Waals surface area (Å²) in [6.45, 7) is 0.528. The molecule has 2 aromatic heterocycles. The number of alkyl halides is 1. The van der Waals surface area contributed by atoms with Gasteiger partial charge >= 0.3 is 7.60 Å². The third kappa shape index (κ3) is 6.50. The second kappa shape index (κ2) is 13.3. The highest BCUT2D eigenvalue weighted by Crippen LogP contribution is 2.53. The molecule has 0 spiro atoms. The molecule has 6 rings (SSSR count). The van der Waals surface area contributed by atoms with E-state index >= 15 is 0 Å². The van der Waals surface area contributed by atoms with Crippen LogP contribution in [0.3, 0.4) is 0 Å². The normalized spacial score (nSPS) is 25.5. The Balaban J connectivity index is 1.19. The SMILES string of the molecule is COc1ncccc1[C@@H]1CN(C(=O)[C@@H]2CC[C@@H]3CCCC[C@H](NC(=O)c4cc5cc(C(F)P(=O)(O)O)ccc5s4)C(=O)N32)C[C@H]1C#N. The molecule has 12 nitrogen and oxygen atoms in total. The number of thiophene rings is 1. The van der Waals surface area contributed by atoms with Gasteiger partial charge in [0.15, 0.2) is 0 Å². The van der Waals surface area contributed by atoms with Crippen molar-refractivity contribution in [2.75, 3.05) is 20.2 Å². The van der Waals surface area contributed by atoms with E-state index in [-0.39, 0.29) is 40.8 Å². The van der Waals surface area contributed by atoms with Crippen molar-refractivity contribution in [1.29, 1.82) is 5.26 Å². The average molecular weight is 684 g/mol. The van der Waals surface area contributed by atoms with Crippen molar-refractivity contribution >= 4 is 46.7 Å². The zero-order valence-corrected chi connectivity index (χ0v) is 27.3. The molecule has 3 N–H and O–H groups in total. The van der Waals surface area contributed by atoms with Crippen LogP contribution < -0.4 is 10.1 Å². The molecule has 3 saturated heterocycles. The number of methoxy groups -OCH3 is 1. The highest BCUT2D eigenvalue weighted by Gasteiger charge is 2.47. The summed E-state index contributed by atoms with van der Waals surface area (Å²) < 4.78 is 31.7. The van der Waals surface area contributed by atoms with Crippen LogP contribution in [0.15, 0.2) is 42.6 Å². The van der Waals surface area contributed by atoms with Gasteiger partial charge in [0, 0.05) is 41.5 Å². The van der Waals surface area contributed by atoms with Crippen LogP contribution in [0.4, 0.5) is 4.39 Å². The van der Waals surface area contributed by atoms with Gasteiger partial charge in [-0.2, -0.15) is 5.26 Å². The minimum atomic E-state index is -5.00. The van der Waals surface area contributed by atoms with Gasteiger partial charge < -0.3 is 29.6 Å². The molecule has 3 aliphatic heterocycles. The molecule has 0 saturated carbocycles. The molecule has 3 amide bonds. The van der Waals surface area contributed by atoms with E-state index < -0.39 is 37.4 Å². The Morgan fingerprint density at radius 1 is 1.17 bits per heavy atom. The van der Waals surface area contributed by atoms with Crippen LogP contribution in [0, 0.1) is 17.2 Å². The highest BCUT2D eigenvalue weighted by molar-refractivity contribution is 7.51. The summed E-state index contributed by atoms with van der Waals surface area (Å²) in [6, 6.07) is 9.86. The van der Waals surface area contributed by atoms with E-state index in [4.69, 9.17) is 4.74 Å². The second-order valence-corrected chi connectivity index (χ2v) is 15.0. The number of amides is 3. The van der Waals surface area contributed by atoms with Crippen molar-refractivity contribution in [3.05, 3.63) is 58.6 Å². The Kier molecular flexibility index (Phi) is 9.36. The van der Waals surface area contributed by atoms with E-state index in [1.54, 1.807) is 22.1 Å². The molecule has 0 aliphatic carbocycles. The second-order valence-electron chi connectivity index (χ2n) is 12.3. The van der Waals surface area contributed by atoms with Crippen molar-refractivity contribution in [3.8, 4) is 11.9 Å². The monoisotopic (exact) mass is 683 g/mol. The summed E-state index contributed by atoms with van der Waals surface area (Å²) in [6.07, 6.45) is 5.49. The minimum absolute atomic E-state index is 0.134. The molecule has 0 bridgehead atoms. The number of nitrogens with one attached hydrogen (secondary N) is 1. The molecular weight excluding hydrogens is 648 g/mol. The Morgan fingerprint density at radius 3 is 2.70 bits per heavy atom. The fraction of sp³-hybridized carbons (Fsp3) is 0.469. The first kappa shape index (κ1) is 33.0. The first-order valence-corrected chi connectivity index (χ1v) is 18.0. The van der Waals surface area contributed by atoms with Gasteiger partial charge in [0.1, 0.15) is 12.1 Å². The number of ether oxygens (including phenoxy) is 1. The van der Waals surface area contributed by atoms with Gasteiger partial charge in [-0.05, 0) is 60.9 Å². The standard InChI is InChI=1S/C32H35FN5O7PS/c1-45-30-22(6-4-12-35-30)23-17-37(16-20(23)15-34)32(41)25-10-9-21-5-2-3-7-24(31(40)38(21)25)36-29(39)27-14-19-13-18(8-11-26(19)47-27)28(33)46(42,43)44/h4,6,8,11-14,20-21,23-25,28H,2-3,5,7,9-10,16-17H2,1H3,(H,36,39)(H2,42,43,44)/t20-,21+,23-,24+,25+,28?/m1/s1.